The molecule has 1 aliphatic rings. The molecule has 0 spiro atoms. The van der Waals surface area contributed by atoms with Crippen LogP contribution in [0.25, 0.3) is 0 Å². The van der Waals surface area contributed by atoms with Crippen molar-refractivity contribution in [1.29, 1.82) is 0 Å². The number of nitrogens with two attached hydrogens (primary N) is 1. The van der Waals surface area contributed by atoms with E-state index in [-0.39, 0.29) is 35.2 Å². The number of carbonyl (C=O) groups is 2. The second-order valence-corrected chi connectivity index (χ2v) is 7.41. The van der Waals surface area contributed by atoms with Gasteiger partial charge in [-0.15, -0.1) is 0 Å². The number of amides is 2. The van der Waals surface area contributed by atoms with Crippen LogP contribution in [0, 0.1) is 5.92 Å². The first-order chi connectivity index (χ1) is 15.2. The fraction of sp³-hybridized carbons (Fsp3) is 0.333. The van der Waals surface area contributed by atoms with Crippen LogP contribution in [0.5, 0.6) is 0 Å². The molecule has 1 aliphatic carbocycles. The molecule has 1 saturated carbocycles. The van der Waals surface area contributed by atoms with Gasteiger partial charge in [0.1, 0.15) is 11.4 Å². The van der Waals surface area contributed by atoms with Gasteiger partial charge in [0.2, 0.25) is 17.8 Å². The van der Waals surface area contributed by atoms with Crippen molar-refractivity contribution in [1.82, 2.24) is 9.97 Å². The molecule has 32 heavy (non-hydrogen) atoms. The van der Waals surface area contributed by atoms with Crippen molar-refractivity contribution in [2.24, 2.45) is 11.7 Å². The van der Waals surface area contributed by atoms with Gasteiger partial charge in [0, 0.05) is 18.2 Å². The zero-order valence-electron chi connectivity index (χ0n) is 17.1. The molecule has 0 atom stereocenters. The maximum absolute atomic E-state index is 13.6. The lowest BCUT2D eigenvalue weighted by molar-refractivity contribution is -0.137. The topological polar surface area (TPSA) is 122 Å². The Bertz CT molecular complexity index is 1000. The maximum atomic E-state index is 13.6. The maximum Gasteiger partial charge on any atom is 0.421 e. The largest absolute Gasteiger partial charge is 0.421 e. The van der Waals surface area contributed by atoms with Crippen molar-refractivity contribution in [3.63, 3.8) is 0 Å². The number of alkyl halides is 3. The van der Waals surface area contributed by atoms with Crippen LogP contribution >= 0.6 is 0 Å². The molecule has 170 valence electrons. The van der Waals surface area contributed by atoms with Crippen LogP contribution in [0.2, 0.25) is 0 Å². The van der Waals surface area contributed by atoms with E-state index in [1.54, 1.807) is 12.1 Å². The fourth-order valence-corrected chi connectivity index (χ4v) is 3.47. The van der Waals surface area contributed by atoms with Crippen LogP contribution in [0.1, 0.15) is 31.2 Å². The Morgan fingerprint density at radius 2 is 1.78 bits per heavy atom. The summed E-state index contributed by atoms with van der Waals surface area (Å²) in [5.41, 5.74) is 4.77. The van der Waals surface area contributed by atoms with Gasteiger partial charge >= 0.3 is 6.18 Å². The van der Waals surface area contributed by atoms with E-state index in [0.29, 0.717) is 31.9 Å². The van der Waals surface area contributed by atoms with Crippen LogP contribution in [0.3, 0.4) is 0 Å². The van der Waals surface area contributed by atoms with Crippen molar-refractivity contribution in [3.8, 4) is 0 Å². The summed E-state index contributed by atoms with van der Waals surface area (Å²) in [5.74, 6) is -1.48. The number of anilines is 4. The molecule has 1 aromatic carbocycles. The number of hydrogen-bond donors (Lipinski definition) is 4. The summed E-state index contributed by atoms with van der Waals surface area (Å²) < 4.78 is 40.7. The molecule has 3 rings (SSSR count). The predicted molar refractivity (Wildman–Crippen MR) is 114 cm³/mol. The van der Waals surface area contributed by atoms with Gasteiger partial charge < -0.3 is 21.7 Å². The molecule has 8 nitrogen and oxygen atoms in total. The van der Waals surface area contributed by atoms with Crippen LogP contribution in [-0.2, 0) is 15.8 Å². The summed E-state index contributed by atoms with van der Waals surface area (Å²) in [5, 5.41) is 8.23. The zero-order chi connectivity index (χ0) is 23.3. The third-order valence-electron chi connectivity index (χ3n) is 5.18. The number of carbonyl (C=O) groups excluding carboxylic acids is 2. The highest BCUT2D eigenvalue weighted by atomic mass is 19.4. The zero-order valence-corrected chi connectivity index (χ0v) is 17.1. The minimum atomic E-state index is -4.69. The lowest BCUT2D eigenvalue weighted by atomic mass is 9.86. The van der Waals surface area contributed by atoms with E-state index < -0.39 is 23.5 Å². The van der Waals surface area contributed by atoms with Crippen LogP contribution in [0.4, 0.5) is 36.3 Å². The Labute approximate surface area is 182 Å². The SMILES string of the molecule is C=CC(=O)Nc1ccccc1Nc1nc(NC2CCC(C(N)=O)CC2)ncc1C(F)(F)F. The van der Waals surface area contributed by atoms with E-state index in [2.05, 4.69) is 32.5 Å². The molecule has 5 N–H and O–H groups in total. The monoisotopic (exact) mass is 448 g/mol. The summed E-state index contributed by atoms with van der Waals surface area (Å²) in [6, 6.07) is 6.20. The normalized spacial score (nSPS) is 18.5. The van der Waals surface area contributed by atoms with Crippen LogP contribution in [0.15, 0.2) is 43.1 Å². The molecule has 1 heterocycles. The fourth-order valence-electron chi connectivity index (χ4n) is 3.47. The second-order valence-electron chi connectivity index (χ2n) is 7.41. The van der Waals surface area contributed by atoms with Gasteiger partial charge in [-0.3, -0.25) is 9.59 Å². The minimum Gasteiger partial charge on any atom is -0.369 e. The second kappa shape index (κ2) is 9.67. The van der Waals surface area contributed by atoms with E-state index in [1.165, 1.54) is 12.1 Å². The number of benzene rings is 1. The number of halogens is 3. The highest BCUT2D eigenvalue weighted by Crippen LogP contribution is 2.36. The third kappa shape index (κ3) is 5.74. The van der Waals surface area contributed by atoms with Gasteiger partial charge in [0.25, 0.3) is 0 Å². The summed E-state index contributed by atoms with van der Waals surface area (Å²) in [4.78, 5) is 30.8. The molecule has 0 unspecified atom stereocenters. The first kappa shape index (κ1) is 23.0. The number of primary amides is 1. The number of para-hydroxylation sites is 2. The van der Waals surface area contributed by atoms with Gasteiger partial charge in [-0.1, -0.05) is 18.7 Å². The molecule has 0 radical (unpaired) electrons. The number of nitrogens with zero attached hydrogens (tertiary/aromatic N) is 2. The highest BCUT2D eigenvalue weighted by Gasteiger charge is 2.36. The highest BCUT2D eigenvalue weighted by molar-refractivity contribution is 6.01. The lowest BCUT2D eigenvalue weighted by Crippen LogP contribution is -2.33. The smallest absolute Gasteiger partial charge is 0.369 e. The van der Waals surface area contributed by atoms with Gasteiger partial charge in [-0.25, -0.2) is 4.98 Å². The summed E-state index contributed by atoms with van der Waals surface area (Å²) in [6.07, 6.45) is -0.506. The molecule has 0 aliphatic heterocycles. The average molecular weight is 448 g/mol. The average Bonchev–Trinajstić information content (AvgIpc) is 2.74. The van der Waals surface area contributed by atoms with Gasteiger partial charge in [-0.05, 0) is 43.9 Å². The number of rotatable bonds is 7. The molecular formula is C21H23F3N6O2. The number of hydrogen-bond acceptors (Lipinski definition) is 6. The third-order valence-corrected chi connectivity index (χ3v) is 5.18. The van der Waals surface area contributed by atoms with E-state index >= 15 is 0 Å². The predicted octanol–water partition coefficient (Wildman–Crippen LogP) is 3.82. The van der Waals surface area contributed by atoms with Crippen LogP contribution < -0.4 is 21.7 Å². The van der Waals surface area contributed by atoms with E-state index in [0.717, 1.165) is 6.08 Å². The summed E-state index contributed by atoms with van der Waals surface area (Å²) in [6.45, 7) is 3.36. The quantitative estimate of drug-likeness (QED) is 0.478. The standard InChI is InChI=1S/C21H23F3N6O2/c1-2-17(31)28-15-5-3-4-6-16(15)29-19-14(21(22,23)24)11-26-20(30-19)27-13-9-7-12(8-10-13)18(25)32/h2-6,11-13H,1,7-10H2,(H2,25,32)(H,28,31)(H2,26,27,29,30). The first-order valence-electron chi connectivity index (χ1n) is 9.97. The Morgan fingerprint density at radius 3 is 2.38 bits per heavy atom. The molecule has 0 bridgehead atoms. The number of aromatic nitrogens is 2. The van der Waals surface area contributed by atoms with Gasteiger partial charge in [0.15, 0.2) is 0 Å². The summed E-state index contributed by atoms with van der Waals surface area (Å²) in [7, 11) is 0. The van der Waals surface area contributed by atoms with E-state index in [4.69, 9.17) is 5.73 Å². The molecule has 11 heteroatoms. The van der Waals surface area contributed by atoms with Gasteiger partial charge in [-0.2, -0.15) is 18.2 Å². The molecule has 1 fully saturated rings. The van der Waals surface area contributed by atoms with E-state index in [1.807, 2.05) is 0 Å². The first-order valence-corrected chi connectivity index (χ1v) is 9.97. The van der Waals surface area contributed by atoms with E-state index in [9.17, 15) is 22.8 Å². The molecule has 2 aromatic rings. The Morgan fingerprint density at radius 1 is 1.12 bits per heavy atom. The lowest BCUT2D eigenvalue weighted by Gasteiger charge is -2.27. The Balaban J connectivity index is 1.84. The Kier molecular flexibility index (Phi) is 6.96. The van der Waals surface area contributed by atoms with Gasteiger partial charge in [0.05, 0.1) is 11.4 Å². The van der Waals surface area contributed by atoms with Crippen molar-refractivity contribution in [2.75, 3.05) is 16.0 Å². The summed E-state index contributed by atoms with van der Waals surface area (Å²) >= 11 is 0. The van der Waals surface area contributed by atoms with Crippen molar-refractivity contribution in [2.45, 2.75) is 37.9 Å². The molecule has 1 aromatic heterocycles. The molecule has 0 saturated heterocycles. The number of nitrogens with one attached hydrogen (secondary N) is 3. The molecule has 2 amide bonds. The Hall–Kier alpha value is -3.63. The van der Waals surface area contributed by atoms with Crippen molar-refractivity contribution < 1.29 is 22.8 Å². The minimum absolute atomic E-state index is 0.0237. The van der Waals surface area contributed by atoms with Crippen molar-refractivity contribution in [3.05, 3.63) is 48.7 Å². The van der Waals surface area contributed by atoms with Crippen molar-refractivity contribution >= 4 is 35.0 Å². The van der Waals surface area contributed by atoms with Crippen LogP contribution in [-0.4, -0.2) is 27.8 Å². The molecular weight excluding hydrogens is 425 g/mol.